The van der Waals surface area contributed by atoms with Gasteiger partial charge in [-0.25, -0.2) is 4.79 Å². The highest BCUT2D eigenvalue weighted by Crippen LogP contribution is 2.18. The van der Waals surface area contributed by atoms with Gasteiger partial charge in [-0.2, -0.15) is 0 Å². The van der Waals surface area contributed by atoms with Gasteiger partial charge in [0.05, 0.1) is 12.1 Å². The van der Waals surface area contributed by atoms with Crippen molar-refractivity contribution in [2.24, 2.45) is 0 Å². The van der Waals surface area contributed by atoms with Crippen molar-refractivity contribution >= 4 is 6.03 Å². The van der Waals surface area contributed by atoms with E-state index in [1.54, 1.807) is 0 Å². The first kappa shape index (κ1) is 12.3. The fourth-order valence-corrected chi connectivity index (χ4v) is 1.68. The van der Waals surface area contributed by atoms with E-state index in [9.17, 15) is 4.79 Å². The summed E-state index contributed by atoms with van der Waals surface area (Å²) in [5.41, 5.74) is -0.413. The van der Waals surface area contributed by atoms with Crippen LogP contribution in [0.4, 0.5) is 4.79 Å². The molecule has 88 valence electrons. The zero-order chi connectivity index (χ0) is 11.5. The summed E-state index contributed by atoms with van der Waals surface area (Å²) in [5.74, 6) is 0. The second-order valence-corrected chi connectivity index (χ2v) is 5.55. The number of carbonyl (C=O) groups is 1. The fraction of sp³-hybridized carbons (Fsp3) is 0.909. The van der Waals surface area contributed by atoms with E-state index in [-0.39, 0.29) is 17.1 Å². The van der Waals surface area contributed by atoms with Crippen LogP contribution in [0.5, 0.6) is 0 Å². The van der Waals surface area contributed by atoms with Gasteiger partial charge >= 0.3 is 6.03 Å². The summed E-state index contributed by atoms with van der Waals surface area (Å²) in [7, 11) is 0. The summed E-state index contributed by atoms with van der Waals surface area (Å²) in [5, 5.41) is 5.86. The third-order valence-electron chi connectivity index (χ3n) is 2.34. The van der Waals surface area contributed by atoms with Crippen molar-refractivity contribution in [1.82, 2.24) is 10.6 Å². The van der Waals surface area contributed by atoms with Crippen LogP contribution >= 0.6 is 0 Å². The standard InChI is InChI=1S/C11H22N2O2/c1-10(2,3)12-9(14)13-11(4)6-5-7-15-8-11/h5-8H2,1-4H3,(H2,12,13,14). The average Bonchev–Trinajstić information content (AvgIpc) is 1.99. The van der Waals surface area contributed by atoms with Crippen LogP contribution in [0.15, 0.2) is 0 Å². The van der Waals surface area contributed by atoms with Crippen molar-refractivity contribution in [3.63, 3.8) is 0 Å². The van der Waals surface area contributed by atoms with Gasteiger partial charge in [0.2, 0.25) is 0 Å². The Kier molecular flexibility index (Phi) is 3.60. The van der Waals surface area contributed by atoms with Gasteiger partial charge < -0.3 is 15.4 Å². The zero-order valence-electron chi connectivity index (χ0n) is 10.1. The van der Waals surface area contributed by atoms with E-state index < -0.39 is 0 Å². The fourth-order valence-electron chi connectivity index (χ4n) is 1.68. The molecule has 1 rings (SSSR count). The van der Waals surface area contributed by atoms with Gasteiger partial charge in [0, 0.05) is 12.1 Å². The second-order valence-electron chi connectivity index (χ2n) is 5.55. The number of carbonyl (C=O) groups excluding carboxylic acids is 1. The lowest BCUT2D eigenvalue weighted by molar-refractivity contribution is 0.0330. The quantitative estimate of drug-likeness (QED) is 0.697. The molecular weight excluding hydrogens is 192 g/mol. The molecule has 0 radical (unpaired) electrons. The topological polar surface area (TPSA) is 50.4 Å². The van der Waals surface area contributed by atoms with Crippen LogP contribution in [0.3, 0.4) is 0 Å². The summed E-state index contributed by atoms with van der Waals surface area (Å²) in [4.78, 5) is 11.7. The van der Waals surface area contributed by atoms with Gasteiger partial charge in [-0.3, -0.25) is 0 Å². The molecule has 1 heterocycles. The SMILES string of the molecule is CC(C)(C)NC(=O)NC1(C)CCCOC1. The molecule has 0 bridgehead atoms. The van der Waals surface area contributed by atoms with Gasteiger partial charge in [0.15, 0.2) is 0 Å². The third kappa shape index (κ3) is 4.51. The Morgan fingerprint density at radius 1 is 1.40 bits per heavy atom. The highest BCUT2D eigenvalue weighted by molar-refractivity contribution is 5.75. The van der Waals surface area contributed by atoms with Crippen LogP contribution in [-0.2, 0) is 4.74 Å². The van der Waals surface area contributed by atoms with E-state index in [4.69, 9.17) is 4.74 Å². The van der Waals surface area contributed by atoms with Gasteiger partial charge in [0.1, 0.15) is 0 Å². The number of nitrogens with one attached hydrogen (secondary N) is 2. The Balaban J connectivity index is 2.42. The zero-order valence-corrected chi connectivity index (χ0v) is 10.1. The van der Waals surface area contributed by atoms with E-state index in [2.05, 4.69) is 10.6 Å². The van der Waals surface area contributed by atoms with Crippen LogP contribution < -0.4 is 10.6 Å². The Morgan fingerprint density at radius 3 is 2.53 bits per heavy atom. The maximum absolute atomic E-state index is 11.7. The van der Waals surface area contributed by atoms with Gasteiger partial charge in [-0.05, 0) is 40.5 Å². The molecule has 1 aliphatic rings. The molecule has 1 fully saturated rings. The van der Waals surface area contributed by atoms with Crippen LogP contribution in [0.1, 0.15) is 40.5 Å². The average molecular weight is 214 g/mol. The van der Waals surface area contributed by atoms with Crippen molar-refractivity contribution in [2.75, 3.05) is 13.2 Å². The van der Waals surface area contributed by atoms with Crippen molar-refractivity contribution in [2.45, 2.75) is 51.6 Å². The largest absolute Gasteiger partial charge is 0.379 e. The molecule has 4 nitrogen and oxygen atoms in total. The Morgan fingerprint density at radius 2 is 2.07 bits per heavy atom. The summed E-state index contributed by atoms with van der Waals surface area (Å²) < 4.78 is 5.37. The molecule has 15 heavy (non-hydrogen) atoms. The molecule has 2 N–H and O–H groups in total. The Hall–Kier alpha value is -0.770. The monoisotopic (exact) mass is 214 g/mol. The van der Waals surface area contributed by atoms with Crippen LogP contribution in [-0.4, -0.2) is 30.3 Å². The molecule has 4 heteroatoms. The number of amides is 2. The molecule has 0 aliphatic carbocycles. The second kappa shape index (κ2) is 4.39. The molecule has 0 aromatic heterocycles. The van der Waals surface area contributed by atoms with Crippen molar-refractivity contribution in [3.05, 3.63) is 0 Å². The lowest BCUT2D eigenvalue weighted by Crippen LogP contribution is -2.57. The number of hydrogen-bond donors (Lipinski definition) is 2. The minimum absolute atomic E-state index is 0.115. The van der Waals surface area contributed by atoms with Gasteiger partial charge in [-0.1, -0.05) is 0 Å². The number of hydrogen-bond acceptors (Lipinski definition) is 2. The summed E-state index contributed by atoms with van der Waals surface area (Å²) in [6, 6.07) is -0.115. The van der Waals surface area contributed by atoms with E-state index in [0.29, 0.717) is 6.61 Å². The first-order chi connectivity index (χ1) is 6.81. The van der Waals surface area contributed by atoms with E-state index in [0.717, 1.165) is 19.4 Å². The number of rotatable bonds is 1. The molecule has 0 spiro atoms. The maximum atomic E-state index is 11.7. The lowest BCUT2D eigenvalue weighted by atomic mass is 9.95. The molecule has 1 unspecified atom stereocenters. The van der Waals surface area contributed by atoms with E-state index >= 15 is 0 Å². The van der Waals surface area contributed by atoms with E-state index in [1.165, 1.54) is 0 Å². The summed E-state index contributed by atoms with van der Waals surface area (Å²) in [6.45, 7) is 9.32. The van der Waals surface area contributed by atoms with Crippen molar-refractivity contribution < 1.29 is 9.53 Å². The molecule has 0 aromatic rings. The highest BCUT2D eigenvalue weighted by atomic mass is 16.5. The first-order valence-electron chi connectivity index (χ1n) is 5.49. The molecule has 2 amide bonds. The minimum atomic E-state index is -0.215. The molecule has 0 aromatic carbocycles. The van der Waals surface area contributed by atoms with Crippen LogP contribution in [0.2, 0.25) is 0 Å². The Labute approximate surface area is 91.8 Å². The molecule has 1 atom stereocenters. The van der Waals surface area contributed by atoms with Crippen molar-refractivity contribution in [1.29, 1.82) is 0 Å². The normalized spacial score (nSPS) is 27.2. The summed E-state index contributed by atoms with van der Waals surface area (Å²) >= 11 is 0. The van der Waals surface area contributed by atoms with Crippen LogP contribution in [0.25, 0.3) is 0 Å². The number of ether oxygens (including phenoxy) is 1. The Bertz CT molecular complexity index is 227. The van der Waals surface area contributed by atoms with E-state index in [1.807, 2.05) is 27.7 Å². The lowest BCUT2D eigenvalue weighted by Gasteiger charge is -2.35. The maximum Gasteiger partial charge on any atom is 0.315 e. The number of urea groups is 1. The molecule has 1 saturated heterocycles. The molecular formula is C11H22N2O2. The smallest absolute Gasteiger partial charge is 0.315 e. The molecule has 1 aliphatic heterocycles. The van der Waals surface area contributed by atoms with Crippen molar-refractivity contribution in [3.8, 4) is 0 Å². The predicted octanol–water partition coefficient (Wildman–Crippen LogP) is 1.65. The van der Waals surface area contributed by atoms with Gasteiger partial charge in [-0.15, -0.1) is 0 Å². The third-order valence-corrected chi connectivity index (χ3v) is 2.34. The highest BCUT2D eigenvalue weighted by Gasteiger charge is 2.30. The van der Waals surface area contributed by atoms with Gasteiger partial charge in [0.25, 0.3) is 0 Å². The minimum Gasteiger partial charge on any atom is -0.379 e. The molecule has 0 saturated carbocycles. The summed E-state index contributed by atoms with van der Waals surface area (Å²) in [6.07, 6.45) is 1.98. The predicted molar refractivity (Wildman–Crippen MR) is 59.9 cm³/mol. The van der Waals surface area contributed by atoms with Crippen LogP contribution in [0, 0.1) is 0 Å². The first-order valence-corrected chi connectivity index (χ1v) is 5.49.